The molecule has 1 aliphatic heterocycles. The summed E-state index contributed by atoms with van der Waals surface area (Å²) in [6.07, 6.45) is 7.11. The van der Waals surface area contributed by atoms with Gasteiger partial charge >= 0.3 is 0 Å². The van der Waals surface area contributed by atoms with E-state index in [9.17, 15) is 0 Å². The highest BCUT2D eigenvalue weighted by molar-refractivity contribution is 5.46. The van der Waals surface area contributed by atoms with Crippen LogP contribution in [0.25, 0.3) is 0 Å². The molecule has 0 aliphatic carbocycles. The highest BCUT2D eigenvalue weighted by Gasteiger charge is 2.15. The second kappa shape index (κ2) is 8.79. The second-order valence-corrected chi connectivity index (χ2v) is 6.49. The Kier molecular flexibility index (Phi) is 6.73. The lowest BCUT2D eigenvalue weighted by atomic mass is 10.1. The molecule has 1 fully saturated rings. The van der Waals surface area contributed by atoms with Gasteiger partial charge in [-0.1, -0.05) is 41.5 Å². The quantitative estimate of drug-likeness (QED) is 0.713. The molecule has 120 valence electrons. The Morgan fingerprint density at radius 1 is 0.955 bits per heavy atom. The van der Waals surface area contributed by atoms with Gasteiger partial charge in [0.2, 0.25) is 0 Å². The summed E-state index contributed by atoms with van der Waals surface area (Å²) < 4.78 is 0. The van der Waals surface area contributed by atoms with Crippen molar-refractivity contribution in [2.75, 3.05) is 37.6 Å². The summed E-state index contributed by atoms with van der Waals surface area (Å²) in [6, 6.07) is 10.8. The Balaban J connectivity index is 1.72. The number of anilines is 1. The number of piperazine rings is 1. The Bertz CT molecular complexity index is 490. The predicted molar refractivity (Wildman–Crippen MR) is 97.5 cm³/mol. The van der Waals surface area contributed by atoms with Crippen LogP contribution in [-0.2, 0) is 0 Å². The van der Waals surface area contributed by atoms with Gasteiger partial charge in [-0.2, -0.15) is 0 Å². The third kappa shape index (κ3) is 5.69. The van der Waals surface area contributed by atoms with Crippen molar-refractivity contribution < 1.29 is 0 Å². The Labute approximate surface area is 136 Å². The van der Waals surface area contributed by atoms with Crippen molar-refractivity contribution in [3.63, 3.8) is 0 Å². The van der Waals surface area contributed by atoms with Crippen molar-refractivity contribution in [1.29, 1.82) is 0 Å². The Hall–Kier alpha value is -1.54. The summed E-state index contributed by atoms with van der Waals surface area (Å²) in [7, 11) is 0. The summed E-state index contributed by atoms with van der Waals surface area (Å²) in [6.45, 7) is 12.3. The molecule has 1 aromatic carbocycles. The lowest BCUT2D eigenvalue weighted by Gasteiger charge is -2.35. The Morgan fingerprint density at radius 2 is 1.64 bits per heavy atom. The van der Waals surface area contributed by atoms with Crippen LogP contribution in [0.2, 0.25) is 0 Å². The van der Waals surface area contributed by atoms with E-state index in [0.717, 1.165) is 32.7 Å². The SMILES string of the molecule is CC(C)=CCCC(C)=CCN1CCN(c2ccccc2)CC1. The smallest absolute Gasteiger partial charge is 0.0367 e. The summed E-state index contributed by atoms with van der Waals surface area (Å²) in [5.74, 6) is 0. The second-order valence-electron chi connectivity index (χ2n) is 6.49. The summed E-state index contributed by atoms with van der Waals surface area (Å²) in [5.41, 5.74) is 4.29. The molecule has 0 N–H and O–H groups in total. The molecule has 0 atom stereocenters. The van der Waals surface area contributed by atoms with Gasteiger partial charge < -0.3 is 4.90 Å². The van der Waals surface area contributed by atoms with Crippen molar-refractivity contribution in [3.05, 3.63) is 53.6 Å². The molecule has 0 bridgehead atoms. The number of rotatable bonds is 6. The first-order valence-corrected chi connectivity index (χ1v) is 8.46. The van der Waals surface area contributed by atoms with Gasteiger partial charge in [-0.25, -0.2) is 0 Å². The van der Waals surface area contributed by atoms with Crippen molar-refractivity contribution in [1.82, 2.24) is 4.90 Å². The molecule has 1 saturated heterocycles. The molecule has 0 aromatic heterocycles. The minimum atomic E-state index is 1.10. The minimum Gasteiger partial charge on any atom is -0.369 e. The maximum Gasteiger partial charge on any atom is 0.0367 e. The largest absolute Gasteiger partial charge is 0.369 e. The first kappa shape index (κ1) is 16.8. The van der Waals surface area contributed by atoms with Gasteiger partial charge in [-0.05, 0) is 45.7 Å². The van der Waals surface area contributed by atoms with Crippen molar-refractivity contribution in [2.45, 2.75) is 33.6 Å². The first-order valence-electron chi connectivity index (χ1n) is 8.46. The molecule has 0 unspecified atom stereocenters. The van der Waals surface area contributed by atoms with Crippen LogP contribution in [0.4, 0.5) is 5.69 Å². The number of para-hydroxylation sites is 1. The summed E-state index contributed by atoms with van der Waals surface area (Å²) in [4.78, 5) is 5.05. The van der Waals surface area contributed by atoms with Crippen molar-refractivity contribution in [3.8, 4) is 0 Å². The molecular weight excluding hydrogens is 268 g/mol. The molecule has 22 heavy (non-hydrogen) atoms. The topological polar surface area (TPSA) is 6.48 Å². The van der Waals surface area contributed by atoms with Gasteiger partial charge in [-0.15, -0.1) is 0 Å². The normalized spacial score (nSPS) is 16.7. The third-order valence-electron chi connectivity index (χ3n) is 4.28. The van der Waals surface area contributed by atoms with E-state index in [1.807, 2.05) is 0 Å². The van der Waals surface area contributed by atoms with Gasteiger partial charge in [0.05, 0.1) is 0 Å². The lowest BCUT2D eigenvalue weighted by Crippen LogP contribution is -2.46. The predicted octanol–water partition coefficient (Wildman–Crippen LogP) is 4.50. The van der Waals surface area contributed by atoms with Gasteiger partial charge in [-0.3, -0.25) is 4.90 Å². The highest BCUT2D eigenvalue weighted by atomic mass is 15.3. The van der Waals surface area contributed by atoms with E-state index in [2.05, 4.69) is 73.1 Å². The van der Waals surface area contributed by atoms with Crippen LogP contribution in [-0.4, -0.2) is 37.6 Å². The summed E-state index contributed by atoms with van der Waals surface area (Å²) in [5, 5.41) is 0. The van der Waals surface area contributed by atoms with Crippen molar-refractivity contribution >= 4 is 5.69 Å². The number of allylic oxidation sites excluding steroid dienone is 3. The molecule has 1 aliphatic rings. The van der Waals surface area contributed by atoms with E-state index in [4.69, 9.17) is 0 Å². The lowest BCUT2D eigenvalue weighted by molar-refractivity contribution is 0.283. The minimum absolute atomic E-state index is 1.10. The van der Waals surface area contributed by atoms with Gasteiger partial charge in [0.15, 0.2) is 0 Å². The average Bonchev–Trinajstić information content (AvgIpc) is 2.54. The zero-order valence-corrected chi connectivity index (χ0v) is 14.4. The molecular formula is C20H30N2. The van der Waals surface area contributed by atoms with E-state index in [-0.39, 0.29) is 0 Å². The molecule has 2 rings (SSSR count). The van der Waals surface area contributed by atoms with Crippen LogP contribution in [0.3, 0.4) is 0 Å². The van der Waals surface area contributed by atoms with E-state index in [1.165, 1.54) is 29.7 Å². The third-order valence-corrected chi connectivity index (χ3v) is 4.28. The van der Waals surface area contributed by atoms with Crippen LogP contribution < -0.4 is 4.90 Å². The number of benzene rings is 1. The zero-order valence-electron chi connectivity index (χ0n) is 14.4. The fraction of sp³-hybridized carbons (Fsp3) is 0.500. The fourth-order valence-electron chi connectivity index (χ4n) is 2.80. The maximum atomic E-state index is 2.56. The van der Waals surface area contributed by atoms with Gasteiger partial charge in [0, 0.05) is 38.4 Å². The Morgan fingerprint density at radius 3 is 2.27 bits per heavy atom. The highest BCUT2D eigenvalue weighted by Crippen LogP contribution is 2.15. The number of hydrogen-bond acceptors (Lipinski definition) is 2. The zero-order chi connectivity index (χ0) is 15.8. The molecule has 2 nitrogen and oxygen atoms in total. The number of hydrogen-bond donors (Lipinski definition) is 0. The van der Waals surface area contributed by atoms with Crippen molar-refractivity contribution in [2.24, 2.45) is 0 Å². The van der Waals surface area contributed by atoms with E-state index in [0.29, 0.717) is 0 Å². The molecule has 1 heterocycles. The first-order chi connectivity index (χ1) is 10.6. The van der Waals surface area contributed by atoms with E-state index in [1.54, 1.807) is 0 Å². The van der Waals surface area contributed by atoms with Crippen LogP contribution in [0.15, 0.2) is 53.6 Å². The van der Waals surface area contributed by atoms with Crippen LogP contribution >= 0.6 is 0 Å². The molecule has 0 amide bonds. The molecule has 0 saturated carbocycles. The van der Waals surface area contributed by atoms with E-state index < -0.39 is 0 Å². The van der Waals surface area contributed by atoms with Gasteiger partial charge in [0.25, 0.3) is 0 Å². The standard InChI is InChI=1S/C20H30N2/c1-18(2)8-7-9-19(3)12-13-21-14-16-22(17-15-21)20-10-5-4-6-11-20/h4-6,8,10-12H,7,9,13-17H2,1-3H3. The van der Waals surface area contributed by atoms with Gasteiger partial charge in [0.1, 0.15) is 0 Å². The molecule has 0 radical (unpaired) electrons. The molecule has 0 spiro atoms. The molecule has 2 heteroatoms. The monoisotopic (exact) mass is 298 g/mol. The van der Waals surface area contributed by atoms with E-state index >= 15 is 0 Å². The van der Waals surface area contributed by atoms with Crippen LogP contribution in [0.1, 0.15) is 33.6 Å². The fourth-order valence-corrected chi connectivity index (χ4v) is 2.80. The number of nitrogens with zero attached hydrogens (tertiary/aromatic N) is 2. The summed E-state index contributed by atoms with van der Waals surface area (Å²) >= 11 is 0. The average molecular weight is 298 g/mol. The molecule has 1 aromatic rings. The van der Waals surface area contributed by atoms with Crippen LogP contribution in [0.5, 0.6) is 0 Å². The maximum absolute atomic E-state index is 2.56. The van der Waals surface area contributed by atoms with Crippen LogP contribution in [0, 0.1) is 0 Å².